The average molecular weight is 123 g/mol. The molecule has 1 saturated heterocycles. The minimum atomic E-state index is 0.300. The third-order valence-corrected chi connectivity index (χ3v) is 2.05. The molecule has 9 heavy (non-hydrogen) atoms. The fraction of sp³-hybridized carbons (Fsp3) is 0.571. The van der Waals surface area contributed by atoms with Gasteiger partial charge in [0.1, 0.15) is 0 Å². The van der Waals surface area contributed by atoms with Gasteiger partial charge < -0.3 is 4.90 Å². The molecule has 0 radical (unpaired) electrons. The Kier molecular flexibility index (Phi) is 0.891. The zero-order chi connectivity index (χ0) is 6.27. The second-order valence-electron chi connectivity index (χ2n) is 2.61. The molecule has 1 unspecified atom stereocenters. The highest BCUT2D eigenvalue weighted by Crippen LogP contribution is 2.26. The molecule has 2 heterocycles. The molecule has 48 valence electrons. The summed E-state index contributed by atoms with van der Waals surface area (Å²) in [7, 11) is 0. The van der Waals surface area contributed by atoms with E-state index in [1.165, 1.54) is 0 Å². The number of hydrogen-bond acceptors (Lipinski definition) is 1. The van der Waals surface area contributed by atoms with Crippen LogP contribution in [-0.2, 0) is 4.79 Å². The van der Waals surface area contributed by atoms with Crippen LogP contribution in [0.15, 0.2) is 12.3 Å². The molecule has 0 bridgehead atoms. The molecule has 0 N–H and O–H groups in total. The van der Waals surface area contributed by atoms with Crippen LogP contribution in [0.1, 0.15) is 19.3 Å². The number of carbonyl (C=O) groups excluding carboxylic acids is 1. The third kappa shape index (κ3) is 0.590. The van der Waals surface area contributed by atoms with Crippen molar-refractivity contribution in [2.75, 3.05) is 0 Å². The normalized spacial score (nSPS) is 31.8. The highest BCUT2D eigenvalue weighted by atomic mass is 16.2. The molecule has 2 heteroatoms. The molecule has 0 aromatic carbocycles. The van der Waals surface area contributed by atoms with E-state index >= 15 is 0 Å². The van der Waals surface area contributed by atoms with Gasteiger partial charge in [-0.15, -0.1) is 0 Å². The average Bonchev–Trinajstić information content (AvgIpc) is 2.35. The maximum Gasteiger partial charge on any atom is 0.226 e. The van der Waals surface area contributed by atoms with E-state index in [2.05, 4.69) is 6.08 Å². The number of carbonyl (C=O) groups is 1. The lowest BCUT2D eigenvalue weighted by Gasteiger charge is -2.11. The summed E-state index contributed by atoms with van der Waals surface area (Å²) in [6, 6.07) is 0.525. The second-order valence-corrected chi connectivity index (χ2v) is 2.61. The lowest BCUT2D eigenvalue weighted by atomic mass is 10.2. The molecule has 2 rings (SSSR count). The number of nitrogens with zero attached hydrogens (tertiary/aromatic N) is 1. The summed E-state index contributed by atoms with van der Waals surface area (Å²) >= 11 is 0. The molecule has 2 aliphatic heterocycles. The Bertz CT molecular complexity index is 174. The largest absolute Gasteiger partial charge is 0.316 e. The summed E-state index contributed by atoms with van der Waals surface area (Å²) in [5, 5.41) is 0. The summed E-state index contributed by atoms with van der Waals surface area (Å²) in [5.41, 5.74) is 0. The molecule has 1 amide bonds. The summed E-state index contributed by atoms with van der Waals surface area (Å²) in [5.74, 6) is 0.300. The van der Waals surface area contributed by atoms with Gasteiger partial charge in [-0.3, -0.25) is 4.79 Å². The van der Waals surface area contributed by atoms with Crippen molar-refractivity contribution in [2.45, 2.75) is 25.3 Å². The molecule has 1 atom stereocenters. The first kappa shape index (κ1) is 5.03. The van der Waals surface area contributed by atoms with Gasteiger partial charge in [0.2, 0.25) is 5.91 Å². The predicted molar refractivity (Wildman–Crippen MR) is 33.6 cm³/mol. The van der Waals surface area contributed by atoms with Crippen LogP contribution in [0.5, 0.6) is 0 Å². The number of amides is 1. The van der Waals surface area contributed by atoms with E-state index in [9.17, 15) is 4.79 Å². The Hall–Kier alpha value is -0.790. The van der Waals surface area contributed by atoms with Crippen molar-refractivity contribution >= 4 is 5.91 Å². The van der Waals surface area contributed by atoms with Gasteiger partial charge in [-0.2, -0.15) is 0 Å². The lowest BCUT2D eigenvalue weighted by molar-refractivity contribution is -0.126. The van der Waals surface area contributed by atoms with Crippen molar-refractivity contribution < 1.29 is 4.79 Å². The molecule has 2 nitrogen and oxygen atoms in total. The summed E-state index contributed by atoms with van der Waals surface area (Å²) < 4.78 is 0. The fourth-order valence-electron chi connectivity index (χ4n) is 1.53. The maximum absolute atomic E-state index is 10.9. The van der Waals surface area contributed by atoms with Crippen LogP contribution < -0.4 is 0 Å². The number of rotatable bonds is 0. The quantitative estimate of drug-likeness (QED) is 0.468. The third-order valence-electron chi connectivity index (χ3n) is 2.05. The molecule has 2 aliphatic rings. The zero-order valence-corrected chi connectivity index (χ0v) is 5.21. The monoisotopic (exact) mass is 123 g/mol. The highest BCUT2D eigenvalue weighted by molar-refractivity contribution is 5.80. The van der Waals surface area contributed by atoms with Crippen LogP contribution in [0.3, 0.4) is 0 Å². The maximum atomic E-state index is 10.9. The molecule has 0 aromatic rings. The van der Waals surface area contributed by atoms with Gasteiger partial charge in [0, 0.05) is 18.7 Å². The van der Waals surface area contributed by atoms with Gasteiger partial charge in [0.25, 0.3) is 0 Å². The van der Waals surface area contributed by atoms with Crippen LogP contribution in [0.4, 0.5) is 0 Å². The van der Waals surface area contributed by atoms with E-state index in [1.807, 2.05) is 11.1 Å². The molecule has 0 saturated carbocycles. The minimum absolute atomic E-state index is 0.300. The molecule has 1 fully saturated rings. The molecule has 0 aromatic heterocycles. The number of fused-ring (bicyclic) bond motifs is 1. The van der Waals surface area contributed by atoms with Crippen molar-refractivity contribution in [1.82, 2.24) is 4.90 Å². The van der Waals surface area contributed by atoms with Gasteiger partial charge in [-0.1, -0.05) is 6.08 Å². The van der Waals surface area contributed by atoms with E-state index in [1.54, 1.807) is 0 Å². The highest BCUT2D eigenvalue weighted by Gasteiger charge is 2.30. The first-order valence-corrected chi connectivity index (χ1v) is 3.36. The SMILES string of the molecule is O=C1CCC2CC=CN12. The molecular weight excluding hydrogens is 114 g/mol. The Morgan fingerprint density at radius 3 is 3.33 bits per heavy atom. The van der Waals surface area contributed by atoms with Crippen molar-refractivity contribution in [3.8, 4) is 0 Å². The van der Waals surface area contributed by atoms with Crippen molar-refractivity contribution in [2.24, 2.45) is 0 Å². The summed E-state index contributed by atoms with van der Waals surface area (Å²) in [6.07, 6.45) is 6.88. The summed E-state index contributed by atoms with van der Waals surface area (Å²) in [6.45, 7) is 0. The Morgan fingerprint density at radius 2 is 2.56 bits per heavy atom. The summed E-state index contributed by atoms with van der Waals surface area (Å²) in [4.78, 5) is 12.8. The van der Waals surface area contributed by atoms with E-state index in [-0.39, 0.29) is 0 Å². The predicted octanol–water partition coefficient (Wildman–Crippen LogP) is 0.895. The minimum Gasteiger partial charge on any atom is -0.316 e. The van der Waals surface area contributed by atoms with Gasteiger partial charge >= 0.3 is 0 Å². The first-order chi connectivity index (χ1) is 4.38. The van der Waals surface area contributed by atoms with Crippen molar-refractivity contribution in [1.29, 1.82) is 0 Å². The smallest absolute Gasteiger partial charge is 0.226 e. The van der Waals surface area contributed by atoms with E-state index < -0.39 is 0 Å². The van der Waals surface area contributed by atoms with E-state index in [0.29, 0.717) is 11.9 Å². The van der Waals surface area contributed by atoms with E-state index in [4.69, 9.17) is 0 Å². The van der Waals surface area contributed by atoms with Crippen LogP contribution in [0, 0.1) is 0 Å². The Labute approximate surface area is 54.1 Å². The van der Waals surface area contributed by atoms with Gasteiger partial charge in [-0.05, 0) is 12.8 Å². The standard InChI is InChI=1S/C7H9NO/c9-7-4-3-6-2-1-5-8(6)7/h1,5-6H,2-4H2. The van der Waals surface area contributed by atoms with E-state index in [0.717, 1.165) is 19.3 Å². The molecular formula is C7H9NO. The van der Waals surface area contributed by atoms with Crippen LogP contribution in [-0.4, -0.2) is 16.8 Å². The zero-order valence-electron chi connectivity index (χ0n) is 5.21. The Morgan fingerprint density at radius 1 is 1.67 bits per heavy atom. The van der Waals surface area contributed by atoms with Crippen LogP contribution in [0.2, 0.25) is 0 Å². The van der Waals surface area contributed by atoms with Crippen molar-refractivity contribution in [3.63, 3.8) is 0 Å². The molecule has 0 aliphatic carbocycles. The number of hydrogen-bond donors (Lipinski definition) is 0. The van der Waals surface area contributed by atoms with Gasteiger partial charge in [0.15, 0.2) is 0 Å². The Balaban J connectivity index is 2.24. The molecule has 0 spiro atoms. The van der Waals surface area contributed by atoms with Gasteiger partial charge in [0.05, 0.1) is 0 Å². The first-order valence-electron chi connectivity index (χ1n) is 3.36. The van der Waals surface area contributed by atoms with Crippen LogP contribution in [0.25, 0.3) is 0 Å². The lowest BCUT2D eigenvalue weighted by Crippen LogP contribution is -2.22. The second kappa shape index (κ2) is 1.59. The fourth-order valence-corrected chi connectivity index (χ4v) is 1.53. The van der Waals surface area contributed by atoms with Crippen molar-refractivity contribution in [3.05, 3.63) is 12.3 Å². The topological polar surface area (TPSA) is 20.3 Å². The van der Waals surface area contributed by atoms with Gasteiger partial charge in [-0.25, -0.2) is 0 Å². The van der Waals surface area contributed by atoms with Crippen LogP contribution >= 0.6 is 0 Å².